The van der Waals surface area contributed by atoms with Crippen molar-refractivity contribution in [2.45, 2.75) is 173 Å². The fourth-order valence-electron chi connectivity index (χ4n) is 9.39. The van der Waals surface area contributed by atoms with Crippen LogP contribution in [0.15, 0.2) is 215 Å². The highest BCUT2D eigenvalue weighted by atomic mass is 35.5. The van der Waals surface area contributed by atoms with Crippen LogP contribution < -0.4 is 0 Å². The first-order valence-corrected chi connectivity index (χ1v) is 43.6. The van der Waals surface area contributed by atoms with Gasteiger partial charge in [-0.1, -0.05) is 34.1 Å². The van der Waals surface area contributed by atoms with Crippen molar-refractivity contribution in [2.75, 3.05) is 48.3 Å². The van der Waals surface area contributed by atoms with Gasteiger partial charge in [-0.3, -0.25) is 67.1 Å². The zero-order chi connectivity index (χ0) is 105. The molecule has 0 aliphatic rings. The molecule has 0 amide bonds. The van der Waals surface area contributed by atoms with Crippen LogP contribution in [0.2, 0.25) is 0 Å². The molecule has 0 spiro atoms. The normalized spacial score (nSPS) is 9.65. The summed E-state index contributed by atoms with van der Waals surface area (Å²) in [5.74, 6) is 11.3. The Balaban J connectivity index is 0.000000771. The van der Waals surface area contributed by atoms with Crippen LogP contribution in [0.1, 0.15) is 287 Å². The Bertz CT molecular complexity index is 5640. The van der Waals surface area contributed by atoms with Crippen molar-refractivity contribution in [1.82, 2.24) is 0 Å². The Morgan fingerprint density at radius 1 is 0.289 bits per heavy atom. The lowest BCUT2D eigenvalue weighted by Crippen LogP contribution is -2.02. The van der Waals surface area contributed by atoms with E-state index in [0.29, 0.717) is 226 Å². The van der Waals surface area contributed by atoms with E-state index in [9.17, 15) is 76.7 Å². The predicted molar refractivity (Wildman–Crippen MR) is 501 cm³/mol. The zero-order valence-electron chi connectivity index (χ0n) is 81.0. The van der Waals surface area contributed by atoms with Crippen molar-refractivity contribution in [1.29, 1.82) is 0 Å². The van der Waals surface area contributed by atoms with E-state index in [-0.39, 0.29) is 78.9 Å². The molecule has 0 fully saturated rings. The van der Waals surface area contributed by atoms with Gasteiger partial charge in [0, 0.05) is 53.8 Å². The van der Waals surface area contributed by atoms with Crippen LogP contribution in [0.3, 0.4) is 0 Å². The molecule has 142 heavy (non-hydrogen) atoms. The van der Waals surface area contributed by atoms with Crippen LogP contribution in [0.25, 0.3) is 0 Å². The van der Waals surface area contributed by atoms with E-state index in [4.69, 9.17) is 102 Å². The van der Waals surface area contributed by atoms with E-state index in [1.165, 1.54) is 45.4 Å². The average Bonchev–Trinajstić information content (AvgIpc) is 1.75. The number of ether oxygens (including phenoxy) is 11. The maximum Gasteiger partial charge on any atom is 0.373 e. The number of methoxy groups -OCH3 is 4. The molecule has 0 aliphatic carbocycles. The van der Waals surface area contributed by atoms with Crippen molar-refractivity contribution in [3.63, 3.8) is 0 Å². The maximum absolute atomic E-state index is 11.0. The molecule has 13 aromatic rings. The monoisotopic (exact) mass is 2000 g/mol. The molecular weight excluding hydrogens is 1890 g/mol. The molecule has 0 radical (unpaired) electrons. The first kappa shape index (κ1) is 124. The number of carbonyl (C=O) groups excluding carboxylic acids is 16. The summed E-state index contributed by atoms with van der Waals surface area (Å²) in [4.78, 5) is 165. The molecule has 768 valence electrons. The molecule has 0 saturated carbocycles. The van der Waals surface area contributed by atoms with Gasteiger partial charge in [0.2, 0.25) is 11.5 Å². The van der Waals surface area contributed by atoms with Crippen molar-refractivity contribution >= 4 is 111 Å². The van der Waals surface area contributed by atoms with Crippen LogP contribution in [0, 0.1) is 27.7 Å². The van der Waals surface area contributed by atoms with Gasteiger partial charge in [0.05, 0.1) is 20.1 Å². The molecule has 0 unspecified atom stereocenters. The zero-order valence-corrected chi connectivity index (χ0v) is 81.8. The molecule has 0 saturated heterocycles. The molecule has 0 aromatic carbocycles. The topological polar surface area (TPSA) is 545 Å². The van der Waals surface area contributed by atoms with Crippen LogP contribution >= 0.6 is 11.6 Å². The average molecular weight is 2010 g/mol. The van der Waals surface area contributed by atoms with Gasteiger partial charge in [0.25, 0.3) is 6.47 Å². The Morgan fingerprint density at radius 2 is 0.577 bits per heavy atom. The summed E-state index contributed by atoms with van der Waals surface area (Å²) in [7, 11) is 5.75. The highest BCUT2D eigenvalue weighted by Gasteiger charge is 2.14. The highest BCUT2D eigenvalue weighted by Crippen LogP contribution is 2.17. The third-order valence-corrected chi connectivity index (χ3v) is 16.2. The smallest absolute Gasteiger partial charge is 0.373 e. The predicted octanol–water partition coefficient (Wildman–Crippen LogP) is 20.4. The fraction of sp³-hybridized carbons (Fsp3) is 0.327. The van der Waals surface area contributed by atoms with Gasteiger partial charge in [-0.15, -0.1) is 11.6 Å². The molecule has 13 heterocycles. The van der Waals surface area contributed by atoms with E-state index in [1.54, 1.807) is 156 Å². The van der Waals surface area contributed by atoms with E-state index in [0.717, 1.165) is 56.2 Å². The first-order chi connectivity index (χ1) is 68.5. The highest BCUT2D eigenvalue weighted by molar-refractivity contribution is 6.16. The van der Waals surface area contributed by atoms with Gasteiger partial charge >= 0.3 is 29.8 Å². The fourth-order valence-corrected chi connectivity index (χ4v) is 9.53. The number of aldehydes is 10. The summed E-state index contributed by atoms with van der Waals surface area (Å²) >= 11 is 5.39. The lowest BCUT2D eigenvalue weighted by molar-refractivity contribution is -0.146. The first-order valence-electron chi connectivity index (χ1n) is 43.0. The molecule has 0 atom stereocenters. The number of esters is 5. The Kier molecular flexibility index (Phi) is 68.4. The van der Waals surface area contributed by atoms with Crippen molar-refractivity contribution in [3.8, 4) is 0 Å². The van der Waals surface area contributed by atoms with Gasteiger partial charge < -0.3 is 110 Å². The van der Waals surface area contributed by atoms with E-state index < -0.39 is 11.9 Å². The Labute approximate surface area is 822 Å². The van der Waals surface area contributed by atoms with Gasteiger partial charge in [-0.2, -0.15) is 0 Å². The number of carbonyl (C=O) groups is 16. The van der Waals surface area contributed by atoms with Crippen LogP contribution in [0.4, 0.5) is 0 Å². The Morgan fingerprint density at radius 3 is 0.859 bits per heavy atom. The largest absolute Gasteiger partial charge is 0.467 e. The lowest BCUT2D eigenvalue weighted by atomic mass is 10.3. The summed E-state index contributed by atoms with van der Waals surface area (Å²) < 4.78 is 118. The summed E-state index contributed by atoms with van der Waals surface area (Å²) in [5, 5.41) is 0. The van der Waals surface area contributed by atoms with Crippen molar-refractivity contribution in [2.24, 2.45) is 0 Å². The minimum Gasteiger partial charge on any atom is -0.467 e. The second-order valence-corrected chi connectivity index (χ2v) is 27.7. The van der Waals surface area contributed by atoms with Gasteiger partial charge in [-0.05, 0) is 212 Å². The molecule has 13 aromatic heterocycles. The van der Waals surface area contributed by atoms with E-state index in [1.807, 2.05) is 46.8 Å². The number of hydrogen-bond acceptors (Lipinski definition) is 40. The molecular formula is C101H117ClO40. The van der Waals surface area contributed by atoms with E-state index >= 15 is 0 Å². The molecule has 13 rings (SSSR count). The van der Waals surface area contributed by atoms with Crippen molar-refractivity contribution < 1.29 is 186 Å². The minimum absolute atomic E-state index is 0.0668. The Hall–Kier alpha value is -15.8. The third-order valence-electron chi connectivity index (χ3n) is 16.0. The third kappa shape index (κ3) is 58.1. The number of hydrogen-bond donors (Lipinski definition) is 0. The number of alkyl halides is 1. The summed E-state index contributed by atoms with van der Waals surface area (Å²) in [6, 6.07) is 43.1. The molecule has 0 N–H and O–H groups in total. The summed E-state index contributed by atoms with van der Waals surface area (Å²) in [6.07, 6.45) is 11.1. The second kappa shape index (κ2) is 78.2. The number of furan rings is 13. The molecule has 0 bridgehead atoms. The number of rotatable bonds is 41. The summed E-state index contributed by atoms with van der Waals surface area (Å²) in [6.45, 7) is 23.3. The summed E-state index contributed by atoms with van der Waals surface area (Å²) in [5.41, 5.74) is 0. The number of unbranched alkanes of at least 4 members (excludes halogenated alkanes) is 1. The van der Waals surface area contributed by atoms with Gasteiger partial charge in [0.1, 0.15) is 140 Å². The number of aryl methyl sites for hydroxylation is 4. The molecule has 41 heteroatoms. The second-order valence-electron chi connectivity index (χ2n) is 27.4. The molecule has 0 aliphatic heterocycles. The molecule has 40 nitrogen and oxygen atoms in total. The standard InChI is InChI=1S/C10H12O4.C10H14O3.C9H10O4.C9H12O3.C8H10O4.C8H8O4.C8H10O3.C7H6O4.2C7H8O3.C6H5ClO2.C6H6O2.C6H8O/c1-2-3-10(12)13-7-9-5-4-8(6-11)14-9;1-2-3-6-12-8-10-5-4-9(7-11)13-10;1-2-9(11)12-6-8-4-3-7(5-10)13-8;1-2-5-11-7-9-4-3-8(6-10)12-9;1-10-5-6-3-4-7(12-6)8(9)11-2;1-6(10)11-5-8-3-2-7(4-9)12-8;1-2-10-6-8-4-3-7(5-9)11-8;8-3-6-1-2-7(11-6)4-10-5-9;1-5-3-4-6(10-5)7(8)9-2;1-9-5-7-3-2-6(4-8)10-7;7-3-5-1-2-6(4-8)9-5;1-5-2-3-6(4-7)8-5;1-5-3-4-6(2)7-5/h4-6H,2-3,7H2,1H3;4-5,7H,2-3,6,8H2,1H3;3-5H,2,6H2,1H3;3-4,6H,2,5,7H2,1H3;3-4H,5H2,1-2H3;2-4H,5H2,1H3;3-5H,2,6H2,1H3;1-3,5H,4H2;3-4H,1-2H3;2-4H,5H2,1H3;1-2,4H,3H2;2-4H,1H3;3-4H,1-2H3. The lowest BCUT2D eigenvalue weighted by Gasteiger charge is -2.00. The maximum atomic E-state index is 11.0. The van der Waals surface area contributed by atoms with Crippen LogP contribution in [-0.2, 0) is 137 Å². The SMILES string of the molecule is CC(=O)OCc1ccc(C=O)o1.CCC(=O)OCc1ccc(C=O)o1.CCCC(=O)OCc1ccc(C=O)o1.CCCCOCc1ccc(C=O)o1.CCCOCc1ccc(C=O)o1.CCOCc1ccc(C=O)o1.COC(=O)c1ccc(C)o1.COCc1ccc(C(=O)OC)o1.COCc1ccc(C=O)o1.Cc1ccc(C)o1.Cc1ccc(C=O)o1.O=COCc1ccc(C=O)o1.O=Cc1ccc(CCl)o1. The van der Waals surface area contributed by atoms with Gasteiger partial charge in [-0.25, -0.2) is 9.59 Å². The number of halogens is 1. The quantitative estimate of drug-likeness (QED) is 0.0113. The van der Waals surface area contributed by atoms with E-state index in [2.05, 4.69) is 25.9 Å². The van der Waals surface area contributed by atoms with Crippen LogP contribution in [-0.4, -0.2) is 147 Å². The van der Waals surface area contributed by atoms with Crippen molar-refractivity contribution in [3.05, 3.63) is 307 Å². The minimum atomic E-state index is -0.475. The van der Waals surface area contributed by atoms with Gasteiger partial charge in [0.15, 0.2) is 120 Å². The van der Waals surface area contributed by atoms with Crippen LogP contribution in [0.5, 0.6) is 0 Å².